The first-order valence-corrected chi connectivity index (χ1v) is 7.71. The normalized spacial score (nSPS) is 11.4. The molecule has 0 heterocycles. The van der Waals surface area contributed by atoms with Gasteiger partial charge in [-0.3, -0.25) is 9.93 Å². The maximum Gasteiger partial charge on any atom is 0.255 e. The number of hydrogen-bond acceptors (Lipinski definition) is 4. The average molecular weight is 296 g/mol. The van der Waals surface area contributed by atoms with Crippen molar-refractivity contribution >= 4 is 17.9 Å². The van der Waals surface area contributed by atoms with Gasteiger partial charge in [-0.2, -0.15) is 0 Å². The summed E-state index contributed by atoms with van der Waals surface area (Å²) >= 11 is 0.956. The molecule has 0 aromatic heterocycles. The van der Waals surface area contributed by atoms with Gasteiger partial charge in [0.05, 0.1) is 10.5 Å². The van der Waals surface area contributed by atoms with Crippen LogP contribution in [0.2, 0.25) is 0 Å². The van der Waals surface area contributed by atoms with E-state index in [1.165, 1.54) is 0 Å². The van der Waals surface area contributed by atoms with Crippen molar-refractivity contribution in [1.82, 2.24) is 5.32 Å². The molecule has 0 unspecified atom stereocenters. The van der Waals surface area contributed by atoms with E-state index in [1.54, 1.807) is 6.07 Å². The van der Waals surface area contributed by atoms with Crippen molar-refractivity contribution in [2.45, 2.75) is 50.8 Å². The minimum Gasteiger partial charge on any atom is -0.506 e. The van der Waals surface area contributed by atoms with Crippen LogP contribution in [0.15, 0.2) is 17.0 Å². The summed E-state index contributed by atoms with van der Waals surface area (Å²) in [5.41, 5.74) is 1.15. The summed E-state index contributed by atoms with van der Waals surface area (Å²) in [4.78, 5) is 12.7. The van der Waals surface area contributed by atoms with Crippen molar-refractivity contribution in [3.8, 4) is 5.75 Å². The lowest BCUT2D eigenvalue weighted by Gasteiger charge is -2.21. The van der Waals surface area contributed by atoms with Crippen LogP contribution in [0, 0.1) is 0 Å². The van der Waals surface area contributed by atoms with Crippen LogP contribution >= 0.6 is 11.9 Å². The Labute approximate surface area is 125 Å². The zero-order chi connectivity index (χ0) is 15.3. The quantitative estimate of drug-likeness (QED) is 0.576. The monoisotopic (exact) mass is 296 g/mol. The molecular weight excluding hydrogens is 272 g/mol. The Balaban J connectivity index is 3.14. The molecule has 0 fully saturated rings. The molecule has 1 aromatic rings. The Kier molecular flexibility index (Phi) is 5.89. The number of nitrogens with two attached hydrogens (primary N) is 1. The lowest BCUT2D eigenvalue weighted by molar-refractivity contribution is 0.0950. The van der Waals surface area contributed by atoms with E-state index in [-0.39, 0.29) is 17.1 Å². The molecule has 0 saturated carbocycles. The van der Waals surface area contributed by atoms with Crippen LogP contribution in [0.5, 0.6) is 5.75 Å². The van der Waals surface area contributed by atoms with Crippen LogP contribution in [-0.2, 0) is 5.41 Å². The molecule has 1 amide bonds. The fraction of sp³-hybridized carbons (Fsp3) is 0.533. The highest BCUT2D eigenvalue weighted by atomic mass is 32.2. The zero-order valence-electron chi connectivity index (χ0n) is 12.6. The van der Waals surface area contributed by atoms with E-state index in [4.69, 9.17) is 5.14 Å². The number of rotatable bonds is 5. The third-order valence-corrected chi connectivity index (χ3v) is 3.69. The molecule has 0 radical (unpaired) electrons. The van der Waals surface area contributed by atoms with Crippen LogP contribution in [-0.4, -0.2) is 17.6 Å². The number of carbonyl (C=O) groups is 1. The number of unbranched alkanes of at least 4 members (excludes halogenated alkanes) is 1. The molecule has 0 aliphatic rings. The Bertz CT molecular complexity index is 481. The first kappa shape index (κ1) is 16.9. The molecular formula is C15H24N2O2S. The molecule has 0 bridgehead atoms. The van der Waals surface area contributed by atoms with Gasteiger partial charge < -0.3 is 10.4 Å². The summed E-state index contributed by atoms with van der Waals surface area (Å²) in [5.74, 6) is -0.295. The maximum absolute atomic E-state index is 12.2. The SMILES string of the molecule is CCCCNC(=O)c1cc(C(C)(C)C)cc(SN)c1O. The zero-order valence-corrected chi connectivity index (χ0v) is 13.4. The molecule has 0 aliphatic heterocycles. The van der Waals surface area contributed by atoms with E-state index in [2.05, 4.69) is 33.0 Å². The first-order chi connectivity index (χ1) is 9.31. The van der Waals surface area contributed by atoms with Gasteiger partial charge in [0.25, 0.3) is 5.91 Å². The van der Waals surface area contributed by atoms with E-state index in [1.807, 2.05) is 6.07 Å². The van der Waals surface area contributed by atoms with Crippen molar-refractivity contribution < 1.29 is 9.90 Å². The largest absolute Gasteiger partial charge is 0.506 e. The summed E-state index contributed by atoms with van der Waals surface area (Å²) in [6.45, 7) is 8.85. The number of phenolic OH excluding ortho intramolecular Hbond substituents is 1. The van der Waals surface area contributed by atoms with Gasteiger partial charge in [-0.15, -0.1) is 0 Å². The van der Waals surface area contributed by atoms with Gasteiger partial charge in [-0.05, 0) is 41.5 Å². The number of carbonyl (C=O) groups excluding carboxylic acids is 1. The second kappa shape index (κ2) is 6.99. The van der Waals surface area contributed by atoms with Crippen molar-refractivity contribution in [1.29, 1.82) is 0 Å². The molecule has 0 atom stereocenters. The van der Waals surface area contributed by atoms with E-state index < -0.39 is 0 Å². The number of aromatic hydroxyl groups is 1. The summed E-state index contributed by atoms with van der Waals surface area (Å²) < 4.78 is 0. The van der Waals surface area contributed by atoms with Gasteiger partial charge in [-0.1, -0.05) is 34.1 Å². The highest BCUT2D eigenvalue weighted by molar-refractivity contribution is 7.97. The predicted molar refractivity (Wildman–Crippen MR) is 84.1 cm³/mol. The molecule has 0 saturated heterocycles. The summed E-state index contributed by atoms with van der Waals surface area (Å²) in [6.07, 6.45) is 1.93. The molecule has 112 valence electrons. The summed E-state index contributed by atoms with van der Waals surface area (Å²) in [7, 11) is 0. The summed E-state index contributed by atoms with van der Waals surface area (Å²) in [5, 5.41) is 18.5. The van der Waals surface area contributed by atoms with Gasteiger partial charge in [0, 0.05) is 6.54 Å². The number of phenols is 1. The van der Waals surface area contributed by atoms with Gasteiger partial charge >= 0.3 is 0 Å². The van der Waals surface area contributed by atoms with Crippen LogP contribution in [0.1, 0.15) is 56.5 Å². The van der Waals surface area contributed by atoms with E-state index >= 15 is 0 Å². The van der Waals surface area contributed by atoms with Crippen LogP contribution in [0.3, 0.4) is 0 Å². The van der Waals surface area contributed by atoms with Crippen molar-refractivity contribution in [3.05, 3.63) is 23.3 Å². The molecule has 4 nitrogen and oxygen atoms in total. The topological polar surface area (TPSA) is 75.4 Å². The van der Waals surface area contributed by atoms with E-state index in [0.29, 0.717) is 17.0 Å². The highest BCUT2D eigenvalue weighted by Gasteiger charge is 2.21. The molecule has 20 heavy (non-hydrogen) atoms. The lowest BCUT2D eigenvalue weighted by Crippen LogP contribution is -2.25. The second-order valence-electron chi connectivity index (χ2n) is 5.85. The second-order valence-corrected chi connectivity index (χ2v) is 6.52. The maximum atomic E-state index is 12.2. The fourth-order valence-electron chi connectivity index (χ4n) is 1.78. The van der Waals surface area contributed by atoms with Gasteiger partial charge in [-0.25, -0.2) is 0 Å². The first-order valence-electron chi connectivity index (χ1n) is 6.83. The van der Waals surface area contributed by atoms with Crippen LogP contribution in [0.4, 0.5) is 0 Å². The summed E-state index contributed by atoms with van der Waals surface area (Å²) in [6, 6.07) is 3.58. The molecule has 1 rings (SSSR count). The third-order valence-electron chi connectivity index (χ3n) is 3.13. The number of nitrogens with one attached hydrogen (secondary N) is 1. The van der Waals surface area contributed by atoms with Crippen LogP contribution in [0.25, 0.3) is 0 Å². The molecule has 0 spiro atoms. The smallest absolute Gasteiger partial charge is 0.255 e. The molecule has 4 N–H and O–H groups in total. The highest BCUT2D eigenvalue weighted by Crippen LogP contribution is 2.34. The number of hydrogen-bond donors (Lipinski definition) is 3. The molecule has 1 aromatic carbocycles. The average Bonchev–Trinajstić information content (AvgIpc) is 2.37. The standard InChI is InChI=1S/C15H24N2O2S/c1-5-6-7-17-14(19)11-8-10(15(2,3)4)9-12(20-16)13(11)18/h8-9,18H,5-7,16H2,1-4H3,(H,17,19). The van der Waals surface area contributed by atoms with Crippen LogP contribution < -0.4 is 10.5 Å². The van der Waals surface area contributed by atoms with Gasteiger partial charge in [0.2, 0.25) is 0 Å². The molecule has 0 aliphatic carbocycles. The Morgan fingerprint density at radius 2 is 2.05 bits per heavy atom. The van der Waals surface area contributed by atoms with E-state index in [0.717, 1.165) is 30.4 Å². The Morgan fingerprint density at radius 1 is 1.40 bits per heavy atom. The van der Waals surface area contributed by atoms with Crippen molar-refractivity contribution in [2.24, 2.45) is 5.14 Å². The number of benzene rings is 1. The Morgan fingerprint density at radius 3 is 2.55 bits per heavy atom. The van der Waals surface area contributed by atoms with Crippen molar-refractivity contribution in [3.63, 3.8) is 0 Å². The lowest BCUT2D eigenvalue weighted by atomic mass is 9.86. The minimum atomic E-state index is -0.252. The predicted octanol–water partition coefficient (Wildman–Crippen LogP) is 3.19. The van der Waals surface area contributed by atoms with E-state index in [9.17, 15) is 9.90 Å². The number of amides is 1. The fourth-order valence-corrected chi connectivity index (χ4v) is 2.19. The minimum absolute atomic E-state index is 0.0421. The van der Waals surface area contributed by atoms with Gasteiger partial charge in [0.15, 0.2) is 0 Å². The molecule has 5 heteroatoms. The van der Waals surface area contributed by atoms with Gasteiger partial charge in [0.1, 0.15) is 5.75 Å². The van der Waals surface area contributed by atoms with Crippen molar-refractivity contribution in [2.75, 3.05) is 6.54 Å². The Hall–Kier alpha value is -1.20. The third kappa shape index (κ3) is 4.15.